The standard InChI is InChI=1S/C21H21FN4O3/c1-13-8-10-16(11-9-13)26-14(2)17(12-23-26)21(28)25-24-20(27)15(3)29-19-7-5-4-6-18(19)22/h4-12,15H,1-3H3,(H,24,27)(H,25,28)/t15-/m0/s1. The Bertz CT molecular complexity index is 1030. The molecule has 1 heterocycles. The molecule has 8 heteroatoms. The summed E-state index contributed by atoms with van der Waals surface area (Å²) in [6.45, 7) is 5.19. The van der Waals surface area contributed by atoms with Gasteiger partial charge < -0.3 is 4.74 Å². The van der Waals surface area contributed by atoms with Gasteiger partial charge in [-0.05, 0) is 45.0 Å². The molecular formula is C21H21FN4O3. The molecule has 0 bridgehead atoms. The van der Waals surface area contributed by atoms with Gasteiger partial charge >= 0.3 is 0 Å². The predicted molar refractivity (Wildman–Crippen MR) is 105 cm³/mol. The van der Waals surface area contributed by atoms with E-state index >= 15 is 0 Å². The first-order valence-corrected chi connectivity index (χ1v) is 9.00. The Labute approximate surface area is 167 Å². The van der Waals surface area contributed by atoms with Crippen molar-refractivity contribution in [2.75, 3.05) is 0 Å². The number of rotatable bonds is 5. The van der Waals surface area contributed by atoms with Crippen LogP contribution in [-0.4, -0.2) is 27.7 Å². The Morgan fingerprint density at radius 1 is 1.07 bits per heavy atom. The Hall–Kier alpha value is -3.68. The number of hydrogen-bond acceptors (Lipinski definition) is 4. The van der Waals surface area contributed by atoms with Gasteiger partial charge in [-0.3, -0.25) is 20.4 Å². The van der Waals surface area contributed by atoms with E-state index in [9.17, 15) is 14.0 Å². The van der Waals surface area contributed by atoms with Crippen LogP contribution in [0.15, 0.2) is 54.7 Å². The summed E-state index contributed by atoms with van der Waals surface area (Å²) < 4.78 is 20.5. The van der Waals surface area contributed by atoms with E-state index < -0.39 is 23.7 Å². The molecule has 0 aliphatic heterocycles. The van der Waals surface area contributed by atoms with Crippen LogP contribution in [0.3, 0.4) is 0 Å². The van der Waals surface area contributed by atoms with Crippen LogP contribution in [0.2, 0.25) is 0 Å². The van der Waals surface area contributed by atoms with E-state index in [2.05, 4.69) is 16.0 Å². The van der Waals surface area contributed by atoms with E-state index in [1.807, 2.05) is 31.2 Å². The van der Waals surface area contributed by atoms with Crippen molar-refractivity contribution in [2.24, 2.45) is 0 Å². The van der Waals surface area contributed by atoms with Crippen LogP contribution < -0.4 is 15.6 Å². The molecule has 0 fully saturated rings. The molecule has 0 saturated heterocycles. The maximum Gasteiger partial charge on any atom is 0.279 e. The minimum atomic E-state index is -1.01. The lowest BCUT2D eigenvalue weighted by atomic mass is 10.2. The van der Waals surface area contributed by atoms with Gasteiger partial charge in [0.25, 0.3) is 11.8 Å². The molecule has 0 aliphatic rings. The number of nitrogens with one attached hydrogen (secondary N) is 2. The van der Waals surface area contributed by atoms with E-state index in [4.69, 9.17) is 4.74 Å². The number of carbonyl (C=O) groups excluding carboxylic acids is 2. The van der Waals surface area contributed by atoms with E-state index in [-0.39, 0.29) is 5.75 Å². The number of nitrogens with zero attached hydrogens (tertiary/aromatic N) is 2. The summed E-state index contributed by atoms with van der Waals surface area (Å²) in [6.07, 6.45) is 0.416. The predicted octanol–water partition coefficient (Wildman–Crippen LogP) is 2.86. The number of hydrazine groups is 1. The minimum absolute atomic E-state index is 0.0447. The number of carbonyl (C=O) groups is 2. The molecule has 0 unspecified atom stereocenters. The van der Waals surface area contributed by atoms with Crippen molar-refractivity contribution in [3.63, 3.8) is 0 Å². The van der Waals surface area contributed by atoms with Crippen molar-refractivity contribution in [3.05, 3.63) is 77.4 Å². The van der Waals surface area contributed by atoms with E-state index in [1.165, 1.54) is 31.3 Å². The van der Waals surface area contributed by atoms with Crippen molar-refractivity contribution in [1.29, 1.82) is 0 Å². The van der Waals surface area contributed by atoms with Gasteiger partial charge in [0.1, 0.15) is 0 Å². The second kappa shape index (κ2) is 8.55. The summed E-state index contributed by atoms with van der Waals surface area (Å²) in [5.41, 5.74) is 7.48. The van der Waals surface area contributed by atoms with Crippen LogP contribution in [0.25, 0.3) is 5.69 Å². The quantitative estimate of drug-likeness (QED) is 0.650. The number of aryl methyl sites for hydroxylation is 1. The van der Waals surface area contributed by atoms with Gasteiger partial charge in [-0.25, -0.2) is 9.07 Å². The maximum absolute atomic E-state index is 13.6. The van der Waals surface area contributed by atoms with Crippen molar-refractivity contribution in [3.8, 4) is 11.4 Å². The van der Waals surface area contributed by atoms with Gasteiger partial charge in [0.05, 0.1) is 23.1 Å². The Morgan fingerprint density at radius 3 is 2.45 bits per heavy atom. The number of halogens is 1. The zero-order chi connectivity index (χ0) is 21.0. The van der Waals surface area contributed by atoms with Gasteiger partial charge in [-0.15, -0.1) is 0 Å². The monoisotopic (exact) mass is 396 g/mol. The van der Waals surface area contributed by atoms with E-state index in [0.29, 0.717) is 11.3 Å². The minimum Gasteiger partial charge on any atom is -0.478 e. The van der Waals surface area contributed by atoms with Gasteiger partial charge in [-0.1, -0.05) is 29.8 Å². The van der Waals surface area contributed by atoms with Crippen LogP contribution in [0, 0.1) is 19.7 Å². The zero-order valence-corrected chi connectivity index (χ0v) is 16.3. The number of ether oxygens (including phenoxy) is 1. The first-order valence-electron chi connectivity index (χ1n) is 9.00. The lowest BCUT2D eigenvalue weighted by Crippen LogP contribution is -2.47. The number of amides is 2. The normalized spacial score (nSPS) is 11.6. The molecule has 150 valence electrons. The number of aromatic nitrogens is 2. The van der Waals surface area contributed by atoms with Gasteiger partial charge in [0.2, 0.25) is 0 Å². The Balaban J connectivity index is 1.61. The molecule has 1 aromatic heterocycles. The fourth-order valence-corrected chi connectivity index (χ4v) is 2.65. The molecule has 29 heavy (non-hydrogen) atoms. The SMILES string of the molecule is Cc1ccc(-n2ncc(C(=O)NNC(=O)[C@H](C)Oc3ccccc3F)c2C)cc1. The summed E-state index contributed by atoms with van der Waals surface area (Å²) in [5.74, 6) is -1.76. The molecule has 2 N–H and O–H groups in total. The largest absolute Gasteiger partial charge is 0.478 e. The third-order valence-corrected chi connectivity index (χ3v) is 4.34. The summed E-state index contributed by atoms with van der Waals surface area (Å²) in [4.78, 5) is 24.6. The summed E-state index contributed by atoms with van der Waals surface area (Å²) in [6, 6.07) is 13.5. The molecule has 7 nitrogen and oxygen atoms in total. The average Bonchev–Trinajstić information content (AvgIpc) is 3.09. The van der Waals surface area contributed by atoms with Crippen LogP contribution in [-0.2, 0) is 4.79 Å². The average molecular weight is 396 g/mol. The molecule has 0 radical (unpaired) electrons. The smallest absolute Gasteiger partial charge is 0.279 e. The second-order valence-corrected chi connectivity index (χ2v) is 6.52. The fourth-order valence-electron chi connectivity index (χ4n) is 2.65. The highest BCUT2D eigenvalue weighted by atomic mass is 19.1. The van der Waals surface area contributed by atoms with Crippen LogP contribution >= 0.6 is 0 Å². The molecule has 2 amide bonds. The van der Waals surface area contributed by atoms with Crippen LogP contribution in [0.5, 0.6) is 5.75 Å². The lowest BCUT2D eigenvalue weighted by Gasteiger charge is -2.15. The van der Waals surface area contributed by atoms with Crippen molar-refractivity contribution in [2.45, 2.75) is 26.9 Å². The lowest BCUT2D eigenvalue weighted by molar-refractivity contribution is -0.128. The van der Waals surface area contributed by atoms with E-state index in [0.717, 1.165) is 11.3 Å². The van der Waals surface area contributed by atoms with Crippen molar-refractivity contribution < 1.29 is 18.7 Å². The first-order chi connectivity index (χ1) is 13.9. The molecule has 2 aromatic carbocycles. The highest BCUT2D eigenvalue weighted by Crippen LogP contribution is 2.17. The Morgan fingerprint density at radius 2 is 1.76 bits per heavy atom. The first kappa shape index (κ1) is 20.1. The van der Waals surface area contributed by atoms with Gasteiger partial charge in [0, 0.05) is 0 Å². The molecule has 1 atom stereocenters. The number of benzene rings is 2. The molecule has 3 rings (SSSR count). The van der Waals surface area contributed by atoms with Crippen LogP contribution in [0.4, 0.5) is 4.39 Å². The van der Waals surface area contributed by atoms with Crippen molar-refractivity contribution in [1.82, 2.24) is 20.6 Å². The topological polar surface area (TPSA) is 85.3 Å². The molecule has 0 aliphatic carbocycles. The highest BCUT2D eigenvalue weighted by Gasteiger charge is 2.19. The summed E-state index contributed by atoms with van der Waals surface area (Å²) in [7, 11) is 0. The third-order valence-electron chi connectivity index (χ3n) is 4.34. The zero-order valence-electron chi connectivity index (χ0n) is 16.3. The molecule has 0 spiro atoms. The maximum atomic E-state index is 13.6. The van der Waals surface area contributed by atoms with Crippen LogP contribution in [0.1, 0.15) is 28.5 Å². The summed E-state index contributed by atoms with van der Waals surface area (Å²) in [5, 5.41) is 4.24. The Kier molecular flexibility index (Phi) is 5.92. The van der Waals surface area contributed by atoms with E-state index in [1.54, 1.807) is 17.7 Å². The summed E-state index contributed by atoms with van der Waals surface area (Å²) >= 11 is 0. The fraction of sp³-hybridized carbons (Fsp3) is 0.190. The van der Waals surface area contributed by atoms with Crippen molar-refractivity contribution >= 4 is 11.8 Å². The second-order valence-electron chi connectivity index (χ2n) is 6.52. The van der Waals surface area contributed by atoms with Gasteiger partial charge in [0.15, 0.2) is 17.7 Å². The molecule has 0 saturated carbocycles. The number of para-hydroxylation sites is 1. The third kappa shape index (κ3) is 4.60. The molecular weight excluding hydrogens is 375 g/mol. The highest BCUT2D eigenvalue weighted by molar-refractivity contribution is 5.96. The molecule has 3 aromatic rings. The number of hydrogen-bond donors (Lipinski definition) is 2. The van der Waals surface area contributed by atoms with Gasteiger partial charge in [-0.2, -0.15) is 5.10 Å².